The molecule has 6 heteroatoms. The molecule has 0 heterocycles. The minimum Gasteiger partial charge on any atom is -0.493 e. The summed E-state index contributed by atoms with van der Waals surface area (Å²) >= 11 is 0. The van der Waals surface area contributed by atoms with Crippen LogP contribution in [0.2, 0.25) is 0 Å². The number of anilines is 1. The zero-order chi connectivity index (χ0) is 21.3. The third-order valence-corrected chi connectivity index (χ3v) is 4.32. The molecule has 0 aromatic heterocycles. The molecule has 1 N–H and O–H groups in total. The van der Waals surface area contributed by atoms with Crippen molar-refractivity contribution < 1.29 is 23.8 Å². The van der Waals surface area contributed by atoms with Crippen LogP contribution in [0.25, 0.3) is 0 Å². The Hall–Kier alpha value is -3.80. The standard InChI is InChI=1S/C24H23NO5/c1-17-12-14-19(15-13-17)25-24(27)23(18-8-4-3-5-9-18)30-22(26)16-29-21-11-7-6-10-20(21)28-2/h3-15,23H,16H2,1-2H3,(H,25,27)/t23-/m0/s1. The van der Waals surface area contributed by atoms with Crippen molar-refractivity contribution in [2.24, 2.45) is 0 Å². The van der Waals surface area contributed by atoms with Crippen LogP contribution >= 0.6 is 0 Å². The van der Waals surface area contributed by atoms with Gasteiger partial charge in [-0.25, -0.2) is 4.79 Å². The number of methoxy groups -OCH3 is 1. The SMILES string of the molecule is COc1ccccc1OCC(=O)O[C@H](C(=O)Nc1ccc(C)cc1)c1ccccc1. The lowest BCUT2D eigenvalue weighted by Crippen LogP contribution is -2.28. The van der Waals surface area contributed by atoms with Gasteiger partial charge < -0.3 is 19.5 Å². The molecule has 0 saturated carbocycles. The van der Waals surface area contributed by atoms with Gasteiger partial charge in [0.15, 0.2) is 18.1 Å². The molecule has 0 unspecified atom stereocenters. The van der Waals surface area contributed by atoms with Crippen molar-refractivity contribution in [3.8, 4) is 11.5 Å². The van der Waals surface area contributed by atoms with Crippen LogP contribution in [-0.2, 0) is 14.3 Å². The van der Waals surface area contributed by atoms with Crippen LogP contribution in [0, 0.1) is 6.92 Å². The quantitative estimate of drug-likeness (QED) is 0.566. The van der Waals surface area contributed by atoms with Crippen LogP contribution in [0.15, 0.2) is 78.9 Å². The lowest BCUT2D eigenvalue weighted by molar-refractivity contribution is -0.156. The molecule has 0 aliphatic rings. The van der Waals surface area contributed by atoms with E-state index in [9.17, 15) is 9.59 Å². The maximum Gasteiger partial charge on any atom is 0.345 e. The second-order valence-corrected chi connectivity index (χ2v) is 6.58. The normalized spacial score (nSPS) is 11.3. The maximum absolute atomic E-state index is 12.9. The minimum absolute atomic E-state index is 0.360. The topological polar surface area (TPSA) is 73.9 Å². The number of nitrogens with one attached hydrogen (secondary N) is 1. The van der Waals surface area contributed by atoms with Crippen molar-refractivity contribution in [2.75, 3.05) is 19.0 Å². The zero-order valence-corrected chi connectivity index (χ0v) is 16.8. The van der Waals surface area contributed by atoms with Crippen molar-refractivity contribution in [1.82, 2.24) is 0 Å². The summed E-state index contributed by atoms with van der Waals surface area (Å²) in [4.78, 5) is 25.3. The molecule has 0 fully saturated rings. The summed E-state index contributed by atoms with van der Waals surface area (Å²) in [7, 11) is 1.52. The third kappa shape index (κ3) is 5.61. The number of hydrogen-bond donors (Lipinski definition) is 1. The van der Waals surface area contributed by atoms with Gasteiger partial charge in [0, 0.05) is 11.3 Å². The first-order valence-corrected chi connectivity index (χ1v) is 9.44. The van der Waals surface area contributed by atoms with Gasteiger partial charge in [-0.2, -0.15) is 0 Å². The van der Waals surface area contributed by atoms with Gasteiger partial charge in [-0.1, -0.05) is 60.2 Å². The first kappa shape index (κ1) is 20.9. The van der Waals surface area contributed by atoms with Crippen molar-refractivity contribution >= 4 is 17.6 Å². The molecule has 0 aliphatic heterocycles. The van der Waals surface area contributed by atoms with Crippen molar-refractivity contribution in [2.45, 2.75) is 13.0 Å². The van der Waals surface area contributed by atoms with E-state index in [4.69, 9.17) is 14.2 Å². The van der Waals surface area contributed by atoms with E-state index in [1.54, 1.807) is 60.7 Å². The Morgan fingerprint density at radius 1 is 0.867 bits per heavy atom. The average molecular weight is 405 g/mol. The molecule has 0 aliphatic carbocycles. The molecule has 30 heavy (non-hydrogen) atoms. The maximum atomic E-state index is 12.9. The minimum atomic E-state index is -1.11. The van der Waals surface area contributed by atoms with Crippen LogP contribution in [0.3, 0.4) is 0 Å². The Balaban J connectivity index is 1.70. The summed E-state index contributed by atoms with van der Waals surface area (Å²) in [6.07, 6.45) is -1.11. The summed E-state index contributed by atoms with van der Waals surface area (Å²) < 4.78 is 16.2. The number of esters is 1. The van der Waals surface area contributed by atoms with Crippen LogP contribution in [0.1, 0.15) is 17.2 Å². The van der Waals surface area contributed by atoms with Crippen molar-refractivity contribution in [3.63, 3.8) is 0 Å². The molecule has 1 amide bonds. The highest BCUT2D eigenvalue weighted by molar-refractivity contribution is 5.96. The van der Waals surface area contributed by atoms with E-state index in [-0.39, 0.29) is 6.61 Å². The Bertz CT molecular complexity index is 986. The summed E-state index contributed by atoms with van der Waals surface area (Å²) in [6.45, 7) is 1.60. The fourth-order valence-corrected chi connectivity index (χ4v) is 2.79. The van der Waals surface area contributed by atoms with Gasteiger partial charge in [0.05, 0.1) is 7.11 Å². The fraction of sp³-hybridized carbons (Fsp3) is 0.167. The number of para-hydroxylation sites is 2. The second-order valence-electron chi connectivity index (χ2n) is 6.58. The number of ether oxygens (including phenoxy) is 3. The predicted molar refractivity (Wildman–Crippen MR) is 114 cm³/mol. The number of carbonyl (C=O) groups excluding carboxylic acids is 2. The molecule has 3 rings (SSSR count). The van der Waals surface area contributed by atoms with Crippen LogP contribution in [0.4, 0.5) is 5.69 Å². The molecule has 1 atom stereocenters. The lowest BCUT2D eigenvalue weighted by Gasteiger charge is -2.18. The third-order valence-electron chi connectivity index (χ3n) is 4.32. The summed E-state index contributed by atoms with van der Waals surface area (Å²) in [6, 6.07) is 23.2. The van der Waals surface area contributed by atoms with E-state index in [1.807, 2.05) is 25.1 Å². The lowest BCUT2D eigenvalue weighted by atomic mass is 10.1. The molecule has 0 saturated heterocycles. The first-order valence-electron chi connectivity index (χ1n) is 9.44. The van der Waals surface area contributed by atoms with Crippen molar-refractivity contribution in [1.29, 1.82) is 0 Å². The highest BCUT2D eigenvalue weighted by atomic mass is 16.6. The summed E-state index contributed by atoms with van der Waals surface area (Å²) in [5, 5.41) is 2.79. The van der Waals surface area contributed by atoms with Gasteiger partial charge in [0.25, 0.3) is 5.91 Å². The van der Waals surface area contributed by atoms with Gasteiger partial charge >= 0.3 is 5.97 Å². The van der Waals surface area contributed by atoms with E-state index >= 15 is 0 Å². The van der Waals surface area contributed by atoms with Crippen LogP contribution in [-0.4, -0.2) is 25.6 Å². The van der Waals surface area contributed by atoms with E-state index in [0.717, 1.165) is 5.56 Å². The molecule has 3 aromatic carbocycles. The number of benzene rings is 3. The van der Waals surface area contributed by atoms with Gasteiger partial charge in [-0.15, -0.1) is 0 Å². The number of aryl methyl sites for hydroxylation is 1. The molecule has 0 spiro atoms. The molecule has 3 aromatic rings. The Kier molecular flexibility index (Phi) is 7.05. The van der Waals surface area contributed by atoms with E-state index in [1.165, 1.54) is 7.11 Å². The monoisotopic (exact) mass is 405 g/mol. The Labute approximate surface area is 175 Å². The molecular formula is C24H23NO5. The van der Waals surface area contributed by atoms with E-state index < -0.39 is 18.0 Å². The van der Waals surface area contributed by atoms with Gasteiger partial charge in [-0.3, -0.25) is 4.79 Å². The van der Waals surface area contributed by atoms with Gasteiger partial charge in [-0.05, 0) is 31.2 Å². The Morgan fingerprint density at radius 2 is 1.50 bits per heavy atom. The molecule has 0 bridgehead atoms. The number of rotatable bonds is 8. The summed E-state index contributed by atoms with van der Waals surface area (Å²) in [5.41, 5.74) is 2.26. The molecule has 0 radical (unpaired) electrons. The smallest absolute Gasteiger partial charge is 0.345 e. The van der Waals surface area contributed by atoms with Crippen LogP contribution in [0.5, 0.6) is 11.5 Å². The van der Waals surface area contributed by atoms with E-state index in [0.29, 0.717) is 22.7 Å². The predicted octanol–water partition coefficient (Wildman–Crippen LogP) is 4.31. The Morgan fingerprint density at radius 3 is 2.17 bits per heavy atom. The molecule has 154 valence electrons. The van der Waals surface area contributed by atoms with Gasteiger partial charge in [0.1, 0.15) is 0 Å². The summed E-state index contributed by atoms with van der Waals surface area (Å²) in [5.74, 6) is -0.205. The zero-order valence-electron chi connectivity index (χ0n) is 16.8. The molecule has 6 nitrogen and oxygen atoms in total. The van der Waals surface area contributed by atoms with Gasteiger partial charge in [0.2, 0.25) is 6.10 Å². The highest BCUT2D eigenvalue weighted by Gasteiger charge is 2.25. The first-order chi connectivity index (χ1) is 14.6. The number of hydrogen-bond acceptors (Lipinski definition) is 5. The average Bonchev–Trinajstić information content (AvgIpc) is 2.78. The number of carbonyl (C=O) groups is 2. The second kappa shape index (κ2) is 10.1. The molecular weight excluding hydrogens is 382 g/mol. The van der Waals surface area contributed by atoms with Crippen LogP contribution < -0.4 is 14.8 Å². The number of amides is 1. The highest BCUT2D eigenvalue weighted by Crippen LogP contribution is 2.26. The fourth-order valence-electron chi connectivity index (χ4n) is 2.79. The largest absolute Gasteiger partial charge is 0.493 e. The van der Waals surface area contributed by atoms with E-state index in [2.05, 4.69) is 5.32 Å². The van der Waals surface area contributed by atoms with Crippen molar-refractivity contribution in [3.05, 3.63) is 90.0 Å².